The van der Waals surface area contributed by atoms with E-state index in [4.69, 9.17) is 0 Å². The van der Waals surface area contributed by atoms with Gasteiger partial charge >= 0.3 is 0 Å². The molecule has 0 saturated heterocycles. The van der Waals surface area contributed by atoms with Gasteiger partial charge in [-0.1, -0.05) is 43.3 Å². The van der Waals surface area contributed by atoms with Crippen LogP contribution < -0.4 is 9.62 Å². The first-order chi connectivity index (χ1) is 18.9. The molecule has 0 fully saturated rings. The first-order valence-electron chi connectivity index (χ1n) is 12.6. The lowest BCUT2D eigenvalue weighted by molar-refractivity contribution is -0.384. The number of amides is 2. The van der Waals surface area contributed by atoms with Gasteiger partial charge in [-0.3, -0.25) is 24.0 Å². The van der Waals surface area contributed by atoms with Gasteiger partial charge in [0.15, 0.2) is 0 Å². The fourth-order valence-corrected chi connectivity index (χ4v) is 5.52. The number of hydrogen-bond donors (Lipinski definition) is 1. The molecule has 3 rings (SSSR count). The van der Waals surface area contributed by atoms with E-state index in [0.29, 0.717) is 5.56 Å². The van der Waals surface area contributed by atoms with Crippen LogP contribution in [0.3, 0.4) is 0 Å². The summed E-state index contributed by atoms with van der Waals surface area (Å²) >= 11 is 0. The van der Waals surface area contributed by atoms with Crippen LogP contribution in [0.1, 0.15) is 32.8 Å². The number of nitro groups is 1. The second-order valence-electron chi connectivity index (χ2n) is 9.34. The SMILES string of the molecule is CCC(C(=O)NC(C)C)N(Cc1ccc(F)cc1)C(=O)CN(c1cccc([N+](=O)[O-])c1)S(=O)(=O)c1ccccc1. The van der Waals surface area contributed by atoms with Crippen LogP contribution >= 0.6 is 0 Å². The number of anilines is 1. The van der Waals surface area contributed by atoms with Crippen LogP contribution in [0.15, 0.2) is 83.8 Å². The van der Waals surface area contributed by atoms with Gasteiger partial charge in [0.25, 0.3) is 15.7 Å². The number of non-ortho nitro benzene ring substituents is 1. The van der Waals surface area contributed by atoms with Gasteiger partial charge in [-0.2, -0.15) is 0 Å². The fourth-order valence-electron chi connectivity index (χ4n) is 4.10. The number of benzene rings is 3. The number of hydrogen-bond acceptors (Lipinski definition) is 6. The molecule has 3 aromatic rings. The maximum atomic E-state index is 13.9. The van der Waals surface area contributed by atoms with Gasteiger partial charge in [0.05, 0.1) is 15.5 Å². The number of nitro benzene ring substituents is 1. The Morgan fingerprint density at radius 3 is 2.23 bits per heavy atom. The van der Waals surface area contributed by atoms with E-state index in [1.807, 2.05) is 0 Å². The molecule has 0 radical (unpaired) electrons. The summed E-state index contributed by atoms with van der Waals surface area (Å²) in [5.41, 5.74) is 0.0790. The van der Waals surface area contributed by atoms with E-state index in [2.05, 4.69) is 5.32 Å². The second-order valence-corrected chi connectivity index (χ2v) is 11.2. The molecule has 0 aliphatic carbocycles. The molecule has 0 heterocycles. The summed E-state index contributed by atoms with van der Waals surface area (Å²) in [6.45, 7) is 4.41. The van der Waals surface area contributed by atoms with Crippen molar-refractivity contribution in [1.29, 1.82) is 0 Å². The maximum absolute atomic E-state index is 13.9. The van der Waals surface area contributed by atoms with Crippen LogP contribution in [-0.2, 0) is 26.2 Å². The molecule has 2 amide bonds. The zero-order valence-electron chi connectivity index (χ0n) is 22.4. The molecule has 1 unspecified atom stereocenters. The molecule has 0 aromatic heterocycles. The molecule has 3 aromatic carbocycles. The summed E-state index contributed by atoms with van der Waals surface area (Å²) in [5.74, 6) is -1.63. The van der Waals surface area contributed by atoms with E-state index in [-0.39, 0.29) is 35.3 Å². The Morgan fingerprint density at radius 1 is 1.00 bits per heavy atom. The summed E-state index contributed by atoms with van der Waals surface area (Å²) in [4.78, 5) is 38.9. The van der Waals surface area contributed by atoms with Gasteiger partial charge < -0.3 is 10.2 Å². The van der Waals surface area contributed by atoms with Crippen molar-refractivity contribution in [2.45, 2.75) is 50.7 Å². The molecule has 1 atom stereocenters. The number of nitrogens with one attached hydrogen (secondary N) is 1. The van der Waals surface area contributed by atoms with Crippen molar-refractivity contribution >= 4 is 33.2 Å². The van der Waals surface area contributed by atoms with Crippen molar-refractivity contribution in [3.63, 3.8) is 0 Å². The molecule has 10 nitrogen and oxygen atoms in total. The van der Waals surface area contributed by atoms with Gasteiger partial charge in [-0.05, 0) is 56.2 Å². The number of sulfonamides is 1. The molecule has 0 saturated carbocycles. The summed E-state index contributed by atoms with van der Waals surface area (Å²) < 4.78 is 41.9. The summed E-state index contributed by atoms with van der Waals surface area (Å²) in [7, 11) is -4.36. The first kappa shape index (κ1) is 30.2. The molecule has 212 valence electrons. The number of rotatable bonds is 12. The third kappa shape index (κ3) is 7.41. The monoisotopic (exact) mass is 570 g/mol. The standard InChI is InChI=1S/C28H31FN4O6S/c1-4-26(28(35)30-20(2)3)31(18-21-13-15-22(29)16-14-21)27(34)19-32(23-9-8-10-24(17-23)33(36)37)40(38,39)25-11-6-5-7-12-25/h5-17,20,26H,4,18-19H2,1-3H3,(H,30,35). The summed E-state index contributed by atoms with van der Waals surface area (Å²) in [6, 6.07) is 16.5. The molecular weight excluding hydrogens is 539 g/mol. The zero-order chi connectivity index (χ0) is 29.4. The van der Waals surface area contributed by atoms with E-state index in [0.717, 1.165) is 10.4 Å². The predicted molar refractivity (Wildman–Crippen MR) is 148 cm³/mol. The summed E-state index contributed by atoms with van der Waals surface area (Å²) in [6.07, 6.45) is 0.216. The highest BCUT2D eigenvalue weighted by Crippen LogP contribution is 2.27. The predicted octanol–water partition coefficient (Wildman–Crippen LogP) is 4.26. The minimum Gasteiger partial charge on any atom is -0.352 e. The Hall–Kier alpha value is -4.32. The highest BCUT2D eigenvalue weighted by Gasteiger charge is 2.34. The third-order valence-electron chi connectivity index (χ3n) is 6.02. The summed E-state index contributed by atoms with van der Waals surface area (Å²) in [5, 5.41) is 14.2. The van der Waals surface area contributed by atoms with E-state index in [1.165, 1.54) is 71.6 Å². The van der Waals surface area contributed by atoms with Crippen LogP contribution in [0, 0.1) is 15.9 Å². The van der Waals surface area contributed by atoms with E-state index in [9.17, 15) is 32.5 Å². The van der Waals surface area contributed by atoms with E-state index in [1.54, 1.807) is 26.8 Å². The normalized spacial score (nSPS) is 12.0. The number of nitrogens with zero attached hydrogens (tertiary/aromatic N) is 3. The Kier molecular flexibility index (Phi) is 9.94. The molecular formula is C28H31FN4O6S. The lowest BCUT2D eigenvalue weighted by atomic mass is 10.1. The van der Waals surface area contributed by atoms with Crippen LogP contribution in [0.25, 0.3) is 0 Å². The van der Waals surface area contributed by atoms with Crippen molar-refractivity contribution in [2.75, 3.05) is 10.8 Å². The first-order valence-corrected chi connectivity index (χ1v) is 14.0. The van der Waals surface area contributed by atoms with E-state index >= 15 is 0 Å². The maximum Gasteiger partial charge on any atom is 0.271 e. The van der Waals surface area contributed by atoms with Crippen LogP contribution in [0.5, 0.6) is 0 Å². The Morgan fingerprint density at radius 2 is 1.65 bits per heavy atom. The number of halogens is 1. The van der Waals surface area contributed by atoms with Crippen molar-refractivity contribution in [1.82, 2.24) is 10.2 Å². The molecule has 0 aliphatic rings. The lowest BCUT2D eigenvalue weighted by Crippen LogP contribution is -2.53. The molecule has 1 N–H and O–H groups in total. The van der Waals surface area contributed by atoms with Crippen molar-refractivity contribution in [3.05, 3.63) is 100 Å². The molecule has 0 aliphatic heterocycles. The molecule has 12 heteroatoms. The fraction of sp³-hybridized carbons (Fsp3) is 0.286. The minimum atomic E-state index is -4.36. The minimum absolute atomic E-state index is 0.0900. The number of carbonyl (C=O) groups is 2. The van der Waals surface area contributed by atoms with Crippen molar-refractivity contribution in [3.8, 4) is 0 Å². The van der Waals surface area contributed by atoms with Crippen LogP contribution in [0.2, 0.25) is 0 Å². The van der Waals surface area contributed by atoms with Crippen molar-refractivity contribution < 1.29 is 27.3 Å². The van der Waals surface area contributed by atoms with Gasteiger partial charge in [-0.15, -0.1) is 0 Å². The highest BCUT2D eigenvalue weighted by atomic mass is 32.2. The molecule has 40 heavy (non-hydrogen) atoms. The van der Waals surface area contributed by atoms with Crippen LogP contribution in [0.4, 0.5) is 15.8 Å². The van der Waals surface area contributed by atoms with Gasteiger partial charge in [0, 0.05) is 24.7 Å². The Labute approximate surface area is 232 Å². The topological polar surface area (TPSA) is 130 Å². The van der Waals surface area contributed by atoms with Gasteiger partial charge in [0.1, 0.15) is 18.4 Å². The molecule has 0 spiro atoms. The average Bonchev–Trinajstić information content (AvgIpc) is 2.92. The average molecular weight is 571 g/mol. The lowest BCUT2D eigenvalue weighted by Gasteiger charge is -2.33. The third-order valence-corrected chi connectivity index (χ3v) is 7.81. The second kappa shape index (κ2) is 13.2. The smallest absolute Gasteiger partial charge is 0.271 e. The Balaban J connectivity index is 2.09. The van der Waals surface area contributed by atoms with Crippen LogP contribution in [-0.4, -0.2) is 48.7 Å². The quantitative estimate of drug-likeness (QED) is 0.256. The molecule has 0 bridgehead atoms. The van der Waals surface area contributed by atoms with Crippen molar-refractivity contribution in [2.24, 2.45) is 0 Å². The number of carbonyl (C=O) groups excluding carboxylic acids is 2. The van der Waals surface area contributed by atoms with Gasteiger partial charge in [-0.25, -0.2) is 12.8 Å². The highest BCUT2D eigenvalue weighted by molar-refractivity contribution is 7.92. The largest absolute Gasteiger partial charge is 0.352 e. The van der Waals surface area contributed by atoms with Gasteiger partial charge in [0.2, 0.25) is 11.8 Å². The van der Waals surface area contributed by atoms with E-state index < -0.39 is 45.2 Å². The zero-order valence-corrected chi connectivity index (χ0v) is 23.2. The Bertz CT molecular complexity index is 1450.